The molecule has 0 radical (unpaired) electrons. The summed E-state index contributed by atoms with van der Waals surface area (Å²) in [6.45, 7) is 9.26. The minimum Gasteiger partial charge on any atom is -0.349 e. The molecule has 1 amide bonds. The van der Waals surface area contributed by atoms with E-state index in [0.29, 0.717) is 17.3 Å². The third-order valence-electron chi connectivity index (χ3n) is 4.96. The average Bonchev–Trinajstić information content (AvgIpc) is 2.66. The Morgan fingerprint density at radius 3 is 2.46 bits per heavy atom. The molecule has 1 aliphatic heterocycles. The summed E-state index contributed by atoms with van der Waals surface area (Å²) in [5.41, 5.74) is 2.88. The molecule has 0 unspecified atom stereocenters. The third kappa shape index (κ3) is 4.19. The lowest BCUT2D eigenvalue weighted by Gasteiger charge is -2.39. The van der Waals surface area contributed by atoms with E-state index in [-0.39, 0.29) is 5.91 Å². The Morgan fingerprint density at radius 1 is 1.04 bits per heavy atom. The molecule has 0 spiro atoms. The summed E-state index contributed by atoms with van der Waals surface area (Å²) in [7, 11) is 0. The van der Waals surface area contributed by atoms with Crippen molar-refractivity contribution in [2.45, 2.75) is 20.4 Å². The molecule has 0 fully saturated rings. The normalized spacial score (nSPS) is 14.1. The fraction of sp³-hybridized carbons (Fsp3) is 0.381. The van der Waals surface area contributed by atoms with Crippen molar-refractivity contribution in [3.05, 3.63) is 64.7 Å². The van der Waals surface area contributed by atoms with Gasteiger partial charge in [-0.1, -0.05) is 55.8 Å². The smallest absolute Gasteiger partial charge is 0.257 e. The first-order valence-corrected chi connectivity index (χ1v) is 9.60. The van der Waals surface area contributed by atoms with E-state index in [4.69, 9.17) is 11.6 Å². The van der Waals surface area contributed by atoms with Gasteiger partial charge in [0.15, 0.2) is 0 Å². The zero-order chi connectivity index (χ0) is 18.5. The summed E-state index contributed by atoms with van der Waals surface area (Å²) < 4.78 is 0. The molecule has 0 aliphatic carbocycles. The van der Waals surface area contributed by atoms with Gasteiger partial charge in [-0.05, 0) is 36.9 Å². The number of nitrogens with zero attached hydrogens (tertiary/aromatic N) is 3. The van der Waals surface area contributed by atoms with Crippen LogP contribution in [0.1, 0.15) is 29.8 Å². The maximum atomic E-state index is 13.0. The highest BCUT2D eigenvalue weighted by Gasteiger charge is 2.29. The zero-order valence-corrected chi connectivity index (χ0v) is 16.2. The molecule has 0 saturated heterocycles. The van der Waals surface area contributed by atoms with Gasteiger partial charge in [0.1, 0.15) is 0 Å². The molecule has 138 valence electrons. The summed E-state index contributed by atoms with van der Waals surface area (Å²) in [6, 6.07) is 16.0. The predicted octanol–water partition coefficient (Wildman–Crippen LogP) is 4.10. The number of fused-ring (bicyclic) bond motifs is 1. The number of carbonyl (C=O) groups is 1. The monoisotopic (exact) mass is 371 g/mol. The van der Waals surface area contributed by atoms with Crippen LogP contribution in [0.25, 0.3) is 0 Å². The lowest BCUT2D eigenvalue weighted by Crippen LogP contribution is -2.49. The molecule has 2 aromatic rings. The van der Waals surface area contributed by atoms with Gasteiger partial charge in [-0.2, -0.15) is 0 Å². The van der Waals surface area contributed by atoms with Crippen molar-refractivity contribution >= 4 is 23.2 Å². The number of rotatable bonds is 7. The van der Waals surface area contributed by atoms with E-state index in [9.17, 15) is 4.79 Å². The second kappa shape index (κ2) is 8.56. The molecule has 0 bridgehead atoms. The molecule has 1 heterocycles. The predicted molar refractivity (Wildman–Crippen MR) is 108 cm³/mol. The molecule has 0 N–H and O–H groups in total. The van der Waals surface area contributed by atoms with Crippen molar-refractivity contribution in [2.24, 2.45) is 0 Å². The summed E-state index contributed by atoms with van der Waals surface area (Å²) in [5.74, 6) is 0.0685. The van der Waals surface area contributed by atoms with E-state index in [1.165, 1.54) is 5.56 Å². The van der Waals surface area contributed by atoms with Gasteiger partial charge in [0, 0.05) is 24.7 Å². The number of hydrogen-bond acceptors (Lipinski definition) is 3. The van der Waals surface area contributed by atoms with E-state index in [1.54, 1.807) is 6.07 Å². The van der Waals surface area contributed by atoms with Crippen LogP contribution in [0.4, 0.5) is 5.69 Å². The van der Waals surface area contributed by atoms with Crippen molar-refractivity contribution in [2.75, 3.05) is 37.7 Å². The van der Waals surface area contributed by atoms with Crippen LogP contribution in [0.5, 0.6) is 0 Å². The zero-order valence-electron chi connectivity index (χ0n) is 15.5. The van der Waals surface area contributed by atoms with Gasteiger partial charge in [-0.3, -0.25) is 4.79 Å². The molecule has 0 saturated carbocycles. The van der Waals surface area contributed by atoms with Gasteiger partial charge >= 0.3 is 0 Å². The lowest BCUT2D eigenvalue weighted by atomic mass is 10.1. The van der Waals surface area contributed by atoms with Crippen LogP contribution >= 0.6 is 11.6 Å². The number of amides is 1. The standard InChI is InChI=1S/C21H26ClN3O/c1-3-23(4-2)12-13-24-16-25(15-17-8-6-5-7-9-17)20-11-10-18(22)14-19(20)21(24)26/h5-11,14H,3-4,12-13,15-16H2,1-2H3. The molecule has 26 heavy (non-hydrogen) atoms. The van der Waals surface area contributed by atoms with Gasteiger partial charge in [0.05, 0.1) is 17.9 Å². The van der Waals surface area contributed by atoms with Gasteiger partial charge in [-0.25, -0.2) is 0 Å². The summed E-state index contributed by atoms with van der Waals surface area (Å²) >= 11 is 6.17. The van der Waals surface area contributed by atoms with E-state index >= 15 is 0 Å². The maximum Gasteiger partial charge on any atom is 0.257 e. The van der Waals surface area contributed by atoms with Gasteiger partial charge in [-0.15, -0.1) is 0 Å². The van der Waals surface area contributed by atoms with Crippen LogP contribution in [0.3, 0.4) is 0 Å². The first-order chi connectivity index (χ1) is 12.6. The first-order valence-electron chi connectivity index (χ1n) is 9.22. The maximum absolute atomic E-state index is 13.0. The second-order valence-electron chi connectivity index (χ2n) is 6.58. The summed E-state index contributed by atoms with van der Waals surface area (Å²) in [4.78, 5) is 19.5. The van der Waals surface area contributed by atoms with E-state index < -0.39 is 0 Å². The van der Waals surface area contributed by atoms with Crippen LogP contribution in [-0.4, -0.2) is 48.6 Å². The van der Waals surface area contributed by atoms with Crippen molar-refractivity contribution < 1.29 is 4.79 Å². The molecule has 3 rings (SSSR count). The average molecular weight is 372 g/mol. The number of anilines is 1. The van der Waals surface area contributed by atoms with Gasteiger partial charge in [0.25, 0.3) is 5.91 Å². The Balaban J connectivity index is 1.84. The Bertz CT molecular complexity index is 746. The molecule has 4 nitrogen and oxygen atoms in total. The largest absolute Gasteiger partial charge is 0.349 e. The Morgan fingerprint density at radius 2 is 1.77 bits per heavy atom. The minimum absolute atomic E-state index is 0.0685. The number of benzene rings is 2. The Labute approximate surface area is 161 Å². The highest BCUT2D eigenvalue weighted by molar-refractivity contribution is 6.31. The van der Waals surface area contributed by atoms with Crippen molar-refractivity contribution in [1.82, 2.24) is 9.80 Å². The number of likely N-dealkylation sites (N-methyl/N-ethyl adjacent to an activating group) is 1. The number of halogens is 1. The summed E-state index contributed by atoms with van der Waals surface area (Å²) in [5, 5.41) is 0.599. The van der Waals surface area contributed by atoms with Crippen molar-refractivity contribution in [3.63, 3.8) is 0 Å². The fourth-order valence-corrected chi connectivity index (χ4v) is 3.56. The quantitative estimate of drug-likeness (QED) is 0.733. The molecular formula is C21H26ClN3O. The second-order valence-corrected chi connectivity index (χ2v) is 7.02. The summed E-state index contributed by atoms with van der Waals surface area (Å²) in [6.07, 6.45) is 0. The van der Waals surface area contributed by atoms with Crippen molar-refractivity contribution in [1.29, 1.82) is 0 Å². The number of hydrogen-bond donors (Lipinski definition) is 0. The SMILES string of the molecule is CCN(CC)CCN1CN(Cc2ccccc2)c2ccc(Cl)cc2C1=O. The van der Waals surface area contributed by atoms with E-state index in [2.05, 4.69) is 35.8 Å². The van der Waals surface area contributed by atoms with E-state index in [1.807, 2.05) is 35.2 Å². The van der Waals surface area contributed by atoms with Gasteiger partial charge in [0.2, 0.25) is 0 Å². The minimum atomic E-state index is 0.0685. The molecule has 5 heteroatoms. The molecule has 0 atom stereocenters. The fourth-order valence-electron chi connectivity index (χ4n) is 3.39. The lowest BCUT2D eigenvalue weighted by molar-refractivity contribution is 0.0721. The molecule has 2 aromatic carbocycles. The third-order valence-corrected chi connectivity index (χ3v) is 5.19. The Kier molecular flexibility index (Phi) is 6.17. The molecular weight excluding hydrogens is 346 g/mol. The molecule has 0 aromatic heterocycles. The van der Waals surface area contributed by atoms with Crippen LogP contribution in [0, 0.1) is 0 Å². The topological polar surface area (TPSA) is 26.8 Å². The van der Waals surface area contributed by atoms with Crippen LogP contribution in [-0.2, 0) is 6.54 Å². The van der Waals surface area contributed by atoms with Crippen molar-refractivity contribution in [3.8, 4) is 0 Å². The molecule has 1 aliphatic rings. The van der Waals surface area contributed by atoms with E-state index in [0.717, 1.165) is 38.4 Å². The van der Waals surface area contributed by atoms with Crippen LogP contribution in [0.2, 0.25) is 5.02 Å². The highest BCUT2D eigenvalue weighted by atomic mass is 35.5. The van der Waals surface area contributed by atoms with Gasteiger partial charge < -0.3 is 14.7 Å². The number of carbonyl (C=O) groups excluding carboxylic acids is 1. The Hall–Kier alpha value is -2.04. The highest BCUT2D eigenvalue weighted by Crippen LogP contribution is 2.31. The van der Waals surface area contributed by atoms with Crippen LogP contribution in [0.15, 0.2) is 48.5 Å². The van der Waals surface area contributed by atoms with Crippen LogP contribution < -0.4 is 4.90 Å². The first kappa shape index (κ1) is 18.7.